The maximum atomic E-state index is 13.7. The lowest BCUT2D eigenvalue weighted by Crippen LogP contribution is -2.52. The standard InChI is InChI=1S/C29H33ClN2O3/c1-4-21(2)31-29(34)27(18-22-9-6-5-7-10-22)32(20-24-11-8-12-26(17-24)35-3)28(33)19-23-13-15-25(30)16-14-23/h5-17,21,27H,4,18-20H2,1-3H3,(H,31,34)/t21-,27+/m0/s1. The normalized spacial score (nSPS) is 12.5. The number of methoxy groups -OCH3 is 1. The van der Waals surface area contributed by atoms with Crippen LogP contribution in [0.15, 0.2) is 78.9 Å². The highest BCUT2D eigenvalue weighted by Gasteiger charge is 2.31. The summed E-state index contributed by atoms with van der Waals surface area (Å²) in [5.41, 5.74) is 2.73. The zero-order valence-electron chi connectivity index (χ0n) is 20.5. The second-order valence-electron chi connectivity index (χ2n) is 8.70. The fourth-order valence-corrected chi connectivity index (χ4v) is 3.97. The van der Waals surface area contributed by atoms with Gasteiger partial charge < -0.3 is 15.0 Å². The van der Waals surface area contributed by atoms with Crippen LogP contribution < -0.4 is 10.1 Å². The van der Waals surface area contributed by atoms with Crippen LogP contribution in [-0.4, -0.2) is 35.9 Å². The molecule has 0 aliphatic heterocycles. The van der Waals surface area contributed by atoms with E-state index in [9.17, 15) is 9.59 Å². The number of benzene rings is 3. The Bertz CT molecular complexity index is 1100. The van der Waals surface area contributed by atoms with Gasteiger partial charge in [-0.3, -0.25) is 9.59 Å². The van der Waals surface area contributed by atoms with Gasteiger partial charge in [0.25, 0.3) is 0 Å². The summed E-state index contributed by atoms with van der Waals surface area (Å²) in [4.78, 5) is 28.9. The zero-order valence-corrected chi connectivity index (χ0v) is 21.3. The summed E-state index contributed by atoms with van der Waals surface area (Å²) in [6.07, 6.45) is 1.39. The Hall–Kier alpha value is -3.31. The third-order valence-electron chi connectivity index (χ3n) is 6.03. The topological polar surface area (TPSA) is 58.6 Å². The Morgan fingerprint density at radius 1 is 0.943 bits per heavy atom. The molecule has 6 heteroatoms. The first-order valence-electron chi connectivity index (χ1n) is 11.9. The number of carbonyl (C=O) groups is 2. The smallest absolute Gasteiger partial charge is 0.243 e. The molecule has 5 nitrogen and oxygen atoms in total. The fourth-order valence-electron chi connectivity index (χ4n) is 3.84. The lowest BCUT2D eigenvalue weighted by molar-refractivity contribution is -0.141. The highest BCUT2D eigenvalue weighted by molar-refractivity contribution is 6.30. The molecule has 1 N–H and O–H groups in total. The summed E-state index contributed by atoms with van der Waals surface area (Å²) in [5, 5.41) is 3.71. The second kappa shape index (κ2) is 13.0. The summed E-state index contributed by atoms with van der Waals surface area (Å²) in [6.45, 7) is 4.28. The van der Waals surface area contributed by atoms with Crippen LogP contribution in [0.4, 0.5) is 0 Å². The van der Waals surface area contributed by atoms with Gasteiger partial charge >= 0.3 is 0 Å². The molecule has 2 atom stereocenters. The average molecular weight is 493 g/mol. The highest BCUT2D eigenvalue weighted by Crippen LogP contribution is 2.20. The van der Waals surface area contributed by atoms with Crippen molar-refractivity contribution in [1.29, 1.82) is 0 Å². The van der Waals surface area contributed by atoms with E-state index in [2.05, 4.69) is 5.32 Å². The van der Waals surface area contributed by atoms with Gasteiger partial charge in [-0.15, -0.1) is 0 Å². The molecule has 0 bridgehead atoms. The molecule has 3 aromatic carbocycles. The SMILES string of the molecule is CC[C@H](C)NC(=O)[C@@H](Cc1ccccc1)N(Cc1cccc(OC)c1)C(=O)Cc1ccc(Cl)cc1. The predicted molar refractivity (Wildman–Crippen MR) is 141 cm³/mol. The lowest BCUT2D eigenvalue weighted by atomic mass is 10.0. The third kappa shape index (κ3) is 7.86. The van der Waals surface area contributed by atoms with Crippen molar-refractivity contribution in [1.82, 2.24) is 10.2 Å². The lowest BCUT2D eigenvalue weighted by Gasteiger charge is -2.32. The summed E-state index contributed by atoms with van der Waals surface area (Å²) >= 11 is 6.03. The molecule has 0 unspecified atom stereocenters. The molecule has 0 heterocycles. The predicted octanol–water partition coefficient (Wildman–Crippen LogP) is 5.45. The summed E-state index contributed by atoms with van der Waals surface area (Å²) in [7, 11) is 1.61. The van der Waals surface area contributed by atoms with Gasteiger partial charge in [-0.2, -0.15) is 0 Å². The van der Waals surface area contributed by atoms with Crippen LogP contribution in [0.1, 0.15) is 37.0 Å². The first-order valence-corrected chi connectivity index (χ1v) is 12.3. The molecule has 0 aliphatic rings. The quantitative estimate of drug-likeness (QED) is 0.387. The maximum Gasteiger partial charge on any atom is 0.243 e. The molecular formula is C29H33ClN2O3. The molecule has 3 aromatic rings. The third-order valence-corrected chi connectivity index (χ3v) is 6.28. The van der Waals surface area contributed by atoms with Crippen LogP contribution >= 0.6 is 11.6 Å². The van der Waals surface area contributed by atoms with E-state index in [4.69, 9.17) is 16.3 Å². The van der Waals surface area contributed by atoms with Crippen molar-refractivity contribution in [3.63, 3.8) is 0 Å². The van der Waals surface area contributed by atoms with E-state index >= 15 is 0 Å². The molecule has 0 fully saturated rings. The number of ether oxygens (including phenoxy) is 1. The Morgan fingerprint density at radius 2 is 1.63 bits per heavy atom. The molecule has 2 amide bonds. The Morgan fingerprint density at radius 3 is 2.29 bits per heavy atom. The Kier molecular flexibility index (Phi) is 9.74. The van der Waals surface area contributed by atoms with E-state index in [1.807, 2.05) is 80.6 Å². The van der Waals surface area contributed by atoms with E-state index in [0.717, 1.165) is 23.1 Å². The van der Waals surface area contributed by atoms with Gasteiger partial charge in [-0.05, 0) is 54.3 Å². The minimum atomic E-state index is -0.669. The molecule has 0 saturated carbocycles. The van der Waals surface area contributed by atoms with Gasteiger partial charge in [0.15, 0.2) is 0 Å². The van der Waals surface area contributed by atoms with E-state index in [1.165, 1.54) is 0 Å². The number of carbonyl (C=O) groups excluding carboxylic acids is 2. The molecule has 184 valence electrons. The van der Waals surface area contributed by atoms with Crippen molar-refractivity contribution >= 4 is 23.4 Å². The Labute approximate surface area is 213 Å². The molecule has 0 aliphatic carbocycles. The van der Waals surface area contributed by atoms with Gasteiger partial charge in [0.05, 0.1) is 13.5 Å². The van der Waals surface area contributed by atoms with Gasteiger partial charge in [0.2, 0.25) is 11.8 Å². The second-order valence-corrected chi connectivity index (χ2v) is 9.14. The molecule has 0 saturated heterocycles. The first kappa shape index (κ1) is 26.3. The van der Waals surface area contributed by atoms with E-state index in [-0.39, 0.29) is 30.8 Å². The number of hydrogen-bond donors (Lipinski definition) is 1. The molecule has 35 heavy (non-hydrogen) atoms. The highest BCUT2D eigenvalue weighted by atomic mass is 35.5. The minimum Gasteiger partial charge on any atom is -0.497 e. The molecular weight excluding hydrogens is 460 g/mol. The van der Waals surface area contributed by atoms with E-state index in [0.29, 0.717) is 17.2 Å². The van der Waals surface area contributed by atoms with Gasteiger partial charge in [0, 0.05) is 24.0 Å². The van der Waals surface area contributed by atoms with Crippen molar-refractivity contribution in [2.24, 2.45) is 0 Å². The zero-order chi connectivity index (χ0) is 25.2. The summed E-state index contributed by atoms with van der Waals surface area (Å²) in [6, 6.07) is 24.0. The average Bonchev–Trinajstić information content (AvgIpc) is 2.88. The number of rotatable bonds is 11. The van der Waals surface area contributed by atoms with Crippen molar-refractivity contribution < 1.29 is 14.3 Å². The first-order chi connectivity index (χ1) is 16.9. The van der Waals surface area contributed by atoms with Crippen LogP contribution in [0, 0.1) is 0 Å². The fraction of sp³-hybridized carbons (Fsp3) is 0.310. The number of amides is 2. The summed E-state index contributed by atoms with van der Waals surface area (Å²) in [5.74, 6) is 0.419. The Balaban J connectivity index is 1.97. The van der Waals surface area contributed by atoms with Crippen LogP contribution in [0.25, 0.3) is 0 Å². The molecule has 0 aromatic heterocycles. The van der Waals surface area contributed by atoms with Gasteiger partial charge in [-0.25, -0.2) is 0 Å². The number of nitrogens with zero attached hydrogens (tertiary/aromatic N) is 1. The van der Waals surface area contributed by atoms with Crippen molar-refractivity contribution in [2.45, 2.75) is 51.7 Å². The maximum absolute atomic E-state index is 13.7. The van der Waals surface area contributed by atoms with Crippen LogP contribution in [-0.2, 0) is 29.0 Å². The minimum absolute atomic E-state index is 0.00538. The number of halogens is 1. The van der Waals surface area contributed by atoms with E-state index < -0.39 is 6.04 Å². The van der Waals surface area contributed by atoms with Crippen LogP contribution in [0.3, 0.4) is 0 Å². The molecule has 0 spiro atoms. The van der Waals surface area contributed by atoms with Crippen molar-refractivity contribution in [3.8, 4) is 5.75 Å². The number of hydrogen-bond acceptors (Lipinski definition) is 3. The van der Waals surface area contributed by atoms with Gasteiger partial charge in [-0.1, -0.05) is 73.1 Å². The van der Waals surface area contributed by atoms with E-state index in [1.54, 1.807) is 24.1 Å². The summed E-state index contributed by atoms with van der Waals surface area (Å²) < 4.78 is 5.38. The van der Waals surface area contributed by atoms with Gasteiger partial charge in [0.1, 0.15) is 11.8 Å². The monoisotopic (exact) mass is 492 g/mol. The van der Waals surface area contributed by atoms with Crippen LogP contribution in [0.5, 0.6) is 5.75 Å². The van der Waals surface area contributed by atoms with Crippen molar-refractivity contribution in [3.05, 3.63) is 101 Å². The molecule has 0 radical (unpaired) electrons. The largest absolute Gasteiger partial charge is 0.497 e. The molecule has 3 rings (SSSR count). The number of nitrogens with one attached hydrogen (secondary N) is 1. The van der Waals surface area contributed by atoms with Crippen molar-refractivity contribution in [2.75, 3.05) is 7.11 Å². The van der Waals surface area contributed by atoms with Crippen LogP contribution in [0.2, 0.25) is 5.02 Å².